The first-order valence-corrected chi connectivity index (χ1v) is 9.18. The zero-order chi connectivity index (χ0) is 18.5. The van der Waals surface area contributed by atoms with Gasteiger partial charge in [0, 0.05) is 22.3 Å². The lowest BCUT2D eigenvalue weighted by atomic mass is 10.0. The second-order valence-electron chi connectivity index (χ2n) is 5.97. The van der Waals surface area contributed by atoms with Gasteiger partial charge in [0.25, 0.3) is 0 Å². The minimum absolute atomic E-state index is 1.18. The Morgan fingerprint density at radius 3 is 2.00 bits per heavy atom. The average molecular weight is 339 g/mol. The molecular weight excluding hydrogens is 314 g/mol. The molecule has 0 saturated heterocycles. The van der Waals surface area contributed by atoms with Gasteiger partial charge in [0.05, 0.1) is 5.52 Å². The first-order valence-electron chi connectivity index (χ1n) is 9.18. The quantitative estimate of drug-likeness (QED) is 0.370. The number of fused-ring (bicyclic) bond motifs is 1. The summed E-state index contributed by atoms with van der Waals surface area (Å²) in [7, 11) is 0. The van der Waals surface area contributed by atoms with Gasteiger partial charge >= 0.3 is 0 Å². The van der Waals surface area contributed by atoms with Gasteiger partial charge in [-0.25, -0.2) is 0 Å². The number of para-hydroxylation sites is 1. The zero-order valence-electron chi connectivity index (χ0n) is 15.7. The molecule has 0 atom stereocenters. The van der Waals surface area contributed by atoms with Crippen molar-refractivity contribution in [3.05, 3.63) is 96.7 Å². The van der Waals surface area contributed by atoms with Gasteiger partial charge in [-0.05, 0) is 36.2 Å². The summed E-state index contributed by atoms with van der Waals surface area (Å²) >= 11 is 0. The summed E-state index contributed by atoms with van der Waals surface area (Å²) in [6, 6.07) is 27.7. The molecule has 0 saturated carbocycles. The Balaban J connectivity index is 0.000000948. The van der Waals surface area contributed by atoms with Crippen molar-refractivity contribution in [3.63, 3.8) is 0 Å². The summed E-state index contributed by atoms with van der Waals surface area (Å²) in [6.45, 7) is 10.2. The summed E-state index contributed by atoms with van der Waals surface area (Å²) in [5.41, 5.74) is 7.28. The number of hydrogen-bond donors (Lipinski definition) is 0. The van der Waals surface area contributed by atoms with Gasteiger partial charge in [0.1, 0.15) is 0 Å². The highest BCUT2D eigenvalue weighted by Crippen LogP contribution is 2.33. The fourth-order valence-corrected chi connectivity index (χ4v) is 3.42. The smallest absolute Gasteiger partial charge is 0.0543 e. The van der Waals surface area contributed by atoms with Crippen LogP contribution < -0.4 is 0 Å². The van der Waals surface area contributed by atoms with Crippen molar-refractivity contribution in [2.45, 2.75) is 20.8 Å². The summed E-state index contributed by atoms with van der Waals surface area (Å²) in [5.74, 6) is 0. The molecule has 0 radical (unpaired) electrons. The van der Waals surface area contributed by atoms with Crippen molar-refractivity contribution in [2.24, 2.45) is 0 Å². The Hall–Kier alpha value is -3.06. The summed E-state index contributed by atoms with van der Waals surface area (Å²) in [4.78, 5) is 0. The molecule has 130 valence electrons. The number of aromatic nitrogens is 1. The van der Waals surface area contributed by atoms with Gasteiger partial charge in [0.2, 0.25) is 0 Å². The molecule has 0 aliphatic rings. The van der Waals surface area contributed by atoms with Crippen LogP contribution >= 0.6 is 0 Å². The fraction of sp³-hybridized carbons (Fsp3) is 0.120. The van der Waals surface area contributed by atoms with Gasteiger partial charge < -0.3 is 4.57 Å². The molecular formula is C25H25N. The molecule has 0 unspecified atom stereocenters. The Labute approximate surface area is 156 Å². The van der Waals surface area contributed by atoms with E-state index in [0.717, 1.165) is 0 Å². The van der Waals surface area contributed by atoms with Crippen LogP contribution in [-0.4, -0.2) is 4.57 Å². The van der Waals surface area contributed by atoms with Crippen LogP contribution in [-0.2, 0) is 0 Å². The standard InChI is InChI=1S/C23H19N.C2H6/c1-3-21-17(2)24(20-12-8-5-9-13-20)23-16-19(14-15-22(21)23)18-10-6-4-7-11-18;1-2/h3-16H,1H2,2H3;1-2H3. The van der Waals surface area contributed by atoms with Crippen LogP contribution in [0.2, 0.25) is 0 Å². The lowest BCUT2D eigenvalue weighted by Gasteiger charge is -2.09. The maximum atomic E-state index is 4.02. The Kier molecular flexibility index (Phi) is 5.38. The normalized spacial score (nSPS) is 10.3. The van der Waals surface area contributed by atoms with Crippen LogP contribution in [0.3, 0.4) is 0 Å². The molecule has 0 aliphatic heterocycles. The van der Waals surface area contributed by atoms with Gasteiger partial charge in [-0.1, -0.05) is 87.2 Å². The predicted octanol–water partition coefficient (Wildman–Crippen LogP) is 7.28. The Bertz CT molecular complexity index is 1010. The number of rotatable bonds is 3. The monoisotopic (exact) mass is 339 g/mol. The van der Waals surface area contributed by atoms with Crippen LogP contribution in [0, 0.1) is 6.92 Å². The highest BCUT2D eigenvalue weighted by atomic mass is 15.0. The molecule has 1 nitrogen and oxygen atoms in total. The van der Waals surface area contributed by atoms with Crippen molar-refractivity contribution in [1.29, 1.82) is 0 Å². The van der Waals surface area contributed by atoms with Crippen molar-refractivity contribution in [1.82, 2.24) is 4.57 Å². The van der Waals surface area contributed by atoms with E-state index in [9.17, 15) is 0 Å². The Morgan fingerprint density at radius 1 is 0.769 bits per heavy atom. The van der Waals surface area contributed by atoms with Gasteiger partial charge in [-0.15, -0.1) is 0 Å². The van der Waals surface area contributed by atoms with E-state index in [4.69, 9.17) is 0 Å². The van der Waals surface area contributed by atoms with E-state index in [1.54, 1.807) is 0 Å². The van der Waals surface area contributed by atoms with E-state index in [-0.39, 0.29) is 0 Å². The topological polar surface area (TPSA) is 4.93 Å². The summed E-state index contributed by atoms with van der Waals surface area (Å²) in [5, 5.41) is 1.24. The maximum absolute atomic E-state index is 4.02. The molecule has 3 aromatic carbocycles. The molecule has 0 N–H and O–H groups in total. The van der Waals surface area contributed by atoms with Crippen LogP contribution in [0.5, 0.6) is 0 Å². The second kappa shape index (κ2) is 7.88. The molecule has 0 bridgehead atoms. The number of benzene rings is 3. The SMILES string of the molecule is C=Cc1c(C)n(-c2ccccc2)c2cc(-c3ccccc3)ccc12.CC. The first-order chi connectivity index (χ1) is 12.8. The molecule has 26 heavy (non-hydrogen) atoms. The predicted molar refractivity (Wildman–Crippen MR) is 115 cm³/mol. The van der Waals surface area contributed by atoms with E-state index in [2.05, 4.69) is 90.9 Å². The van der Waals surface area contributed by atoms with Crippen molar-refractivity contribution >= 4 is 17.0 Å². The lowest BCUT2D eigenvalue weighted by molar-refractivity contribution is 1.05. The molecule has 4 aromatic rings. The third-order valence-corrected chi connectivity index (χ3v) is 4.58. The summed E-state index contributed by atoms with van der Waals surface area (Å²) in [6.07, 6.45) is 1.96. The van der Waals surface area contributed by atoms with E-state index >= 15 is 0 Å². The highest BCUT2D eigenvalue weighted by Gasteiger charge is 2.14. The minimum atomic E-state index is 1.18. The highest BCUT2D eigenvalue weighted by molar-refractivity contribution is 5.95. The number of nitrogens with zero attached hydrogens (tertiary/aromatic N) is 1. The van der Waals surface area contributed by atoms with Gasteiger partial charge in [-0.2, -0.15) is 0 Å². The molecule has 4 rings (SSSR count). The first kappa shape index (κ1) is 17.8. The van der Waals surface area contributed by atoms with E-state index in [1.807, 2.05) is 26.0 Å². The van der Waals surface area contributed by atoms with Crippen LogP contribution in [0.15, 0.2) is 85.4 Å². The third-order valence-electron chi connectivity index (χ3n) is 4.58. The molecule has 1 heteroatoms. The molecule has 0 aliphatic carbocycles. The Morgan fingerprint density at radius 2 is 1.38 bits per heavy atom. The molecule has 0 spiro atoms. The molecule has 0 amide bonds. The van der Waals surface area contributed by atoms with E-state index in [1.165, 1.54) is 39.0 Å². The van der Waals surface area contributed by atoms with Crippen LogP contribution in [0.1, 0.15) is 25.1 Å². The lowest BCUT2D eigenvalue weighted by Crippen LogP contribution is -1.96. The zero-order valence-corrected chi connectivity index (χ0v) is 15.7. The largest absolute Gasteiger partial charge is 0.313 e. The minimum Gasteiger partial charge on any atom is -0.313 e. The number of hydrogen-bond acceptors (Lipinski definition) is 0. The third kappa shape index (κ3) is 3.09. The maximum Gasteiger partial charge on any atom is 0.0543 e. The average Bonchev–Trinajstić information content (AvgIpc) is 3.01. The molecule has 0 fully saturated rings. The van der Waals surface area contributed by atoms with Gasteiger partial charge in [-0.3, -0.25) is 0 Å². The van der Waals surface area contributed by atoms with Crippen LogP contribution in [0.25, 0.3) is 33.8 Å². The molecule has 1 heterocycles. The van der Waals surface area contributed by atoms with Crippen molar-refractivity contribution < 1.29 is 0 Å². The van der Waals surface area contributed by atoms with E-state index < -0.39 is 0 Å². The fourth-order valence-electron chi connectivity index (χ4n) is 3.42. The summed E-state index contributed by atoms with van der Waals surface area (Å²) < 4.78 is 2.32. The second-order valence-corrected chi connectivity index (χ2v) is 5.97. The van der Waals surface area contributed by atoms with Gasteiger partial charge in [0.15, 0.2) is 0 Å². The van der Waals surface area contributed by atoms with E-state index in [0.29, 0.717) is 0 Å². The van der Waals surface area contributed by atoms with Crippen molar-refractivity contribution in [3.8, 4) is 16.8 Å². The molecule has 1 aromatic heterocycles. The van der Waals surface area contributed by atoms with Crippen LogP contribution in [0.4, 0.5) is 0 Å². The van der Waals surface area contributed by atoms with Crippen molar-refractivity contribution in [2.75, 3.05) is 0 Å².